The quantitative estimate of drug-likeness (QED) is 0.878. The van der Waals surface area contributed by atoms with Crippen LogP contribution in [0, 0.1) is 5.82 Å². The van der Waals surface area contributed by atoms with E-state index in [9.17, 15) is 9.50 Å². The Bertz CT molecular complexity index is 342. The summed E-state index contributed by atoms with van der Waals surface area (Å²) in [7, 11) is 1.50. The fourth-order valence-electron chi connectivity index (χ4n) is 1.18. The minimum Gasteiger partial charge on any atom is -0.389 e. The van der Waals surface area contributed by atoms with Gasteiger partial charge in [0, 0.05) is 18.1 Å². The number of rotatable bonds is 5. The third-order valence-corrected chi connectivity index (χ3v) is 2.80. The first kappa shape index (κ1) is 13.7. The van der Waals surface area contributed by atoms with Gasteiger partial charge in [-0.25, -0.2) is 4.39 Å². The lowest BCUT2D eigenvalue weighted by Gasteiger charge is -2.14. The van der Waals surface area contributed by atoms with Gasteiger partial charge < -0.3 is 15.2 Å². The van der Waals surface area contributed by atoms with E-state index in [1.54, 1.807) is 0 Å². The molecule has 1 aromatic carbocycles. The number of halogens is 3. The number of anilines is 1. The van der Waals surface area contributed by atoms with Crippen molar-refractivity contribution < 1.29 is 14.2 Å². The van der Waals surface area contributed by atoms with Crippen molar-refractivity contribution >= 4 is 33.2 Å². The number of hydrogen-bond acceptors (Lipinski definition) is 3. The maximum atomic E-state index is 12.9. The third-order valence-electron chi connectivity index (χ3n) is 1.88. The van der Waals surface area contributed by atoms with E-state index in [0.717, 1.165) is 0 Å². The lowest BCUT2D eigenvalue weighted by Crippen LogP contribution is -2.24. The van der Waals surface area contributed by atoms with Gasteiger partial charge in [0.15, 0.2) is 0 Å². The van der Waals surface area contributed by atoms with Crippen LogP contribution in [-0.2, 0) is 4.74 Å². The molecule has 0 fully saturated rings. The molecule has 0 saturated carbocycles. The summed E-state index contributed by atoms with van der Waals surface area (Å²) >= 11 is 9.04. The van der Waals surface area contributed by atoms with E-state index >= 15 is 0 Å². The second-order valence-electron chi connectivity index (χ2n) is 3.23. The maximum absolute atomic E-state index is 12.9. The van der Waals surface area contributed by atoms with Crippen molar-refractivity contribution in [1.82, 2.24) is 0 Å². The Kier molecular flexibility index (Phi) is 5.48. The van der Waals surface area contributed by atoms with Gasteiger partial charge in [-0.05, 0) is 28.1 Å². The molecule has 0 amide bonds. The topological polar surface area (TPSA) is 41.5 Å². The van der Waals surface area contributed by atoms with Gasteiger partial charge in [0.1, 0.15) is 5.82 Å². The molecule has 2 N–H and O–H groups in total. The van der Waals surface area contributed by atoms with Gasteiger partial charge in [0.2, 0.25) is 0 Å². The Morgan fingerprint density at radius 2 is 2.31 bits per heavy atom. The molecule has 0 saturated heterocycles. The second-order valence-corrected chi connectivity index (χ2v) is 4.50. The number of aliphatic hydroxyl groups excluding tert-OH is 1. The lowest BCUT2D eigenvalue weighted by atomic mass is 10.3. The summed E-state index contributed by atoms with van der Waals surface area (Å²) in [5.41, 5.74) is 0.554. The summed E-state index contributed by atoms with van der Waals surface area (Å²) in [5.74, 6) is -0.417. The first-order chi connectivity index (χ1) is 7.54. The van der Waals surface area contributed by atoms with Gasteiger partial charge in [-0.15, -0.1) is 0 Å². The zero-order chi connectivity index (χ0) is 12.1. The molecule has 1 unspecified atom stereocenters. The van der Waals surface area contributed by atoms with Gasteiger partial charge in [-0.2, -0.15) is 0 Å². The molecule has 0 bridgehead atoms. The van der Waals surface area contributed by atoms with Crippen molar-refractivity contribution in [3.05, 3.63) is 27.4 Å². The van der Waals surface area contributed by atoms with E-state index in [1.165, 1.54) is 19.2 Å². The molecule has 0 aliphatic carbocycles. The second kappa shape index (κ2) is 6.39. The van der Waals surface area contributed by atoms with Crippen molar-refractivity contribution in [2.45, 2.75) is 6.10 Å². The molecule has 0 radical (unpaired) electrons. The first-order valence-corrected chi connectivity index (χ1v) is 5.77. The van der Waals surface area contributed by atoms with Crippen LogP contribution in [0.1, 0.15) is 0 Å². The van der Waals surface area contributed by atoms with Gasteiger partial charge in [0.05, 0.1) is 23.4 Å². The molecule has 1 aromatic rings. The molecule has 6 heteroatoms. The average molecular weight is 313 g/mol. The van der Waals surface area contributed by atoms with Crippen LogP contribution in [0.2, 0.25) is 5.02 Å². The predicted octanol–water partition coefficient (Wildman–Crippen LogP) is 2.66. The lowest BCUT2D eigenvalue weighted by molar-refractivity contribution is 0.0727. The number of methoxy groups -OCH3 is 1. The molecule has 0 aliphatic heterocycles. The Morgan fingerprint density at radius 1 is 1.62 bits per heavy atom. The monoisotopic (exact) mass is 311 g/mol. The summed E-state index contributed by atoms with van der Waals surface area (Å²) in [4.78, 5) is 0. The fourth-order valence-corrected chi connectivity index (χ4v) is 2.14. The van der Waals surface area contributed by atoms with Crippen LogP contribution in [0.3, 0.4) is 0 Å². The smallest absolute Gasteiger partial charge is 0.125 e. The Hall–Kier alpha value is -0.360. The normalized spacial score (nSPS) is 12.6. The van der Waals surface area contributed by atoms with E-state index in [0.29, 0.717) is 10.2 Å². The van der Waals surface area contributed by atoms with E-state index in [1.807, 2.05) is 0 Å². The zero-order valence-electron chi connectivity index (χ0n) is 8.64. The average Bonchev–Trinajstić information content (AvgIpc) is 2.16. The predicted molar refractivity (Wildman–Crippen MR) is 65.5 cm³/mol. The highest BCUT2D eigenvalue weighted by molar-refractivity contribution is 9.10. The van der Waals surface area contributed by atoms with Crippen molar-refractivity contribution in [3.63, 3.8) is 0 Å². The van der Waals surface area contributed by atoms with Crippen molar-refractivity contribution in [3.8, 4) is 0 Å². The number of aliphatic hydroxyl groups is 1. The SMILES string of the molecule is COCC(O)CNc1c(Cl)cc(F)cc1Br. The summed E-state index contributed by atoms with van der Waals surface area (Å²) in [6, 6.07) is 2.51. The maximum Gasteiger partial charge on any atom is 0.125 e. The largest absolute Gasteiger partial charge is 0.389 e. The summed E-state index contributed by atoms with van der Waals surface area (Å²) in [6.07, 6.45) is -0.641. The number of ether oxygens (including phenoxy) is 1. The van der Waals surface area contributed by atoms with Crippen molar-refractivity contribution in [1.29, 1.82) is 0 Å². The molecular formula is C10H12BrClFNO2. The number of benzene rings is 1. The van der Waals surface area contributed by atoms with Crippen LogP contribution in [0.4, 0.5) is 10.1 Å². The highest BCUT2D eigenvalue weighted by atomic mass is 79.9. The summed E-state index contributed by atoms with van der Waals surface area (Å²) in [5, 5.41) is 12.6. The zero-order valence-corrected chi connectivity index (χ0v) is 11.0. The Morgan fingerprint density at radius 3 is 2.88 bits per heavy atom. The van der Waals surface area contributed by atoms with E-state index < -0.39 is 11.9 Å². The highest BCUT2D eigenvalue weighted by Crippen LogP contribution is 2.31. The molecule has 16 heavy (non-hydrogen) atoms. The molecule has 0 heterocycles. The molecule has 1 atom stereocenters. The van der Waals surface area contributed by atoms with E-state index in [2.05, 4.69) is 21.2 Å². The van der Waals surface area contributed by atoms with E-state index in [4.69, 9.17) is 16.3 Å². The van der Waals surface area contributed by atoms with Crippen LogP contribution in [-0.4, -0.2) is 31.5 Å². The standard InChI is InChI=1S/C10H12BrClFNO2/c1-16-5-7(15)4-14-10-8(11)2-6(13)3-9(10)12/h2-3,7,14-15H,4-5H2,1H3. The first-order valence-electron chi connectivity index (χ1n) is 4.60. The Labute approximate surface area is 107 Å². The molecule has 0 aliphatic rings. The summed E-state index contributed by atoms with van der Waals surface area (Å²) in [6.45, 7) is 0.501. The third kappa shape index (κ3) is 3.90. The van der Waals surface area contributed by atoms with Gasteiger partial charge in [0.25, 0.3) is 0 Å². The molecule has 3 nitrogen and oxygen atoms in total. The van der Waals surface area contributed by atoms with Gasteiger partial charge >= 0.3 is 0 Å². The highest BCUT2D eigenvalue weighted by Gasteiger charge is 2.10. The number of hydrogen-bond donors (Lipinski definition) is 2. The molecule has 0 spiro atoms. The molecule has 0 aromatic heterocycles. The van der Waals surface area contributed by atoms with E-state index in [-0.39, 0.29) is 18.2 Å². The van der Waals surface area contributed by atoms with Crippen molar-refractivity contribution in [2.75, 3.05) is 25.6 Å². The van der Waals surface area contributed by atoms with Crippen LogP contribution >= 0.6 is 27.5 Å². The van der Waals surface area contributed by atoms with Gasteiger partial charge in [-0.3, -0.25) is 0 Å². The van der Waals surface area contributed by atoms with Crippen LogP contribution in [0.25, 0.3) is 0 Å². The number of nitrogens with one attached hydrogen (secondary N) is 1. The molecular weight excluding hydrogens is 300 g/mol. The molecule has 90 valence electrons. The molecule has 1 rings (SSSR count). The summed E-state index contributed by atoms with van der Waals surface area (Å²) < 4.78 is 18.2. The van der Waals surface area contributed by atoms with Crippen LogP contribution in [0.15, 0.2) is 16.6 Å². The minimum absolute atomic E-state index is 0.226. The van der Waals surface area contributed by atoms with Crippen LogP contribution < -0.4 is 5.32 Å². The fraction of sp³-hybridized carbons (Fsp3) is 0.400. The Balaban J connectivity index is 2.67. The minimum atomic E-state index is -0.641. The van der Waals surface area contributed by atoms with Gasteiger partial charge in [-0.1, -0.05) is 11.6 Å². The van der Waals surface area contributed by atoms with Crippen LogP contribution in [0.5, 0.6) is 0 Å². The van der Waals surface area contributed by atoms with Crippen molar-refractivity contribution in [2.24, 2.45) is 0 Å².